The molecule has 19 heavy (non-hydrogen) atoms. The molecule has 1 aromatic carbocycles. The maximum atomic E-state index is 14.2. The first-order valence-electron chi connectivity index (χ1n) is 6.47. The Hall–Kier alpha value is -1.36. The van der Waals surface area contributed by atoms with E-state index in [1.54, 1.807) is 0 Å². The highest BCUT2D eigenvalue weighted by Gasteiger charge is 2.22. The summed E-state index contributed by atoms with van der Waals surface area (Å²) in [6.07, 6.45) is 2.70. The minimum Gasteiger partial charge on any atom is -0.494 e. The highest BCUT2D eigenvalue weighted by Crippen LogP contribution is 2.33. The summed E-state index contributed by atoms with van der Waals surface area (Å²) in [5.41, 5.74) is 0.448. The van der Waals surface area contributed by atoms with Crippen LogP contribution < -0.4 is 14.8 Å². The van der Waals surface area contributed by atoms with Crippen molar-refractivity contribution in [1.29, 1.82) is 0 Å². The number of benzene rings is 1. The Kier molecular flexibility index (Phi) is 4.58. The second kappa shape index (κ2) is 6.19. The summed E-state index contributed by atoms with van der Waals surface area (Å²) in [5.74, 6) is -1.38. The number of halogens is 2. The van der Waals surface area contributed by atoms with E-state index in [1.165, 1.54) is 20.3 Å². The molecule has 1 fully saturated rings. The number of hydrogen-bond donors (Lipinski definition) is 1. The first kappa shape index (κ1) is 14.1. The van der Waals surface area contributed by atoms with Gasteiger partial charge in [-0.1, -0.05) is 0 Å². The number of hydrogen-bond acceptors (Lipinski definition) is 3. The van der Waals surface area contributed by atoms with Gasteiger partial charge in [-0.05, 0) is 49.9 Å². The molecule has 0 aliphatic carbocycles. The average molecular weight is 271 g/mol. The van der Waals surface area contributed by atoms with Gasteiger partial charge >= 0.3 is 0 Å². The van der Waals surface area contributed by atoms with E-state index in [4.69, 9.17) is 9.47 Å². The Balaban J connectivity index is 2.28. The van der Waals surface area contributed by atoms with Gasteiger partial charge in [-0.25, -0.2) is 4.39 Å². The van der Waals surface area contributed by atoms with Gasteiger partial charge in [-0.2, -0.15) is 4.39 Å². The van der Waals surface area contributed by atoms with Crippen molar-refractivity contribution in [3.63, 3.8) is 0 Å². The molecule has 1 atom stereocenters. The van der Waals surface area contributed by atoms with Crippen LogP contribution in [-0.4, -0.2) is 27.3 Å². The lowest BCUT2D eigenvalue weighted by molar-refractivity contribution is 0.325. The minimum absolute atomic E-state index is 0.0250. The van der Waals surface area contributed by atoms with Crippen LogP contribution in [0.3, 0.4) is 0 Å². The fourth-order valence-electron chi connectivity index (χ4n) is 2.52. The number of ether oxygens (including phenoxy) is 2. The van der Waals surface area contributed by atoms with Gasteiger partial charge in [0.15, 0.2) is 17.3 Å². The fraction of sp³-hybridized carbons (Fsp3) is 0.571. The number of nitrogens with one attached hydrogen (secondary N) is 1. The molecule has 1 aliphatic heterocycles. The molecule has 1 aliphatic rings. The highest BCUT2D eigenvalue weighted by molar-refractivity contribution is 5.42. The van der Waals surface area contributed by atoms with Crippen LogP contribution in [0.4, 0.5) is 8.78 Å². The summed E-state index contributed by atoms with van der Waals surface area (Å²) >= 11 is 0. The summed E-state index contributed by atoms with van der Waals surface area (Å²) in [4.78, 5) is 0. The summed E-state index contributed by atoms with van der Waals surface area (Å²) in [5, 5.41) is 3.28. The highest BCUT2D eigenvalue weighted by atomic mass is 19.1. The van der Waals surface area contributed by atoms with Crippen molar-refractivity contribution in [3.05, 3.63) is 23.3 Å². The van der Waals surface area contributed by atoms with Gasteiger partial charge in [0.2, 0.25) is 5.82 Å². The standard InChI is InChI=1S/C14H19F2NO2/c1-18-11-7-10(6-9-4-3-5-17-8-9)12(15)14(19-2)13(11)16/h7,9,17H,3-6,8H2,1-2H3. The van der Waals surface area contributed by atoms with Crippen LogP contribution in [0, 0.1) is 17.6 Å². The third-order valence-electron chi connectivity index (χ3n) is 3.53. The molecule has 0 amide bonds. The van der Waals surface area contributed by atoms with E-state index in [9.17, 15) is 8.78 Å². The van der Waals surface area contributed by atoms with Crippen molar-refractivity contribution in [1.82, 2.24) is 5.32 Å². The van der Waals surface area contributed by atoms with Crippen LogP contribution in [0.25, 0.3) is 0 Å². The van der Waals surface area contributed by atoms with Crippen molar-refractivity contribution >= 4 is 0 Å². The Bertz CT molecular complexity index is 446. The Morgan fingerprint density at radius 1 is 1.26 bits per heavy atom. The van der Waals surface area contributed by atoms with Crippen LogP contribution in [0.2, 0.25) is 0 Å². The first-order valence-corrected chi connectivity index (χ1v) is 6.47. The summed E-state index contributed by atoms with van der Waals surface area (Å²) in [7, 11) is 2.62. The van der Waals surface area contributed by atoms with Gasteiger partial charge in [0.25, 0.3) is 0 Å². The van der Waals surface area contributed by atoms with Gasteiger partial charge in [0.1, 0.15) is 0 Å². The van der Waals surface area contributed by atoms with E-state index >= 15 is 0 Å². The molecule has 1 unspecified atom stereocenters. The van der Waals surface area contributed by atoms with Gasteiger partial charge in [0, 0.05) is 0 Å². The average Bonchev–Trinajstić information content (AvgIpc) is 2.44. The van der Waals surface area contributed by atoms with Crippen LogP contribution in [-0.2, 0) is 6.42 Å². The van der Waals surface area contributed by atoms with E-state index in [2.05, 4.69) is 5.32 Å². The lowest BCUT2D eigenvalue weighted by atomic mass is 9.92. The Labute approximate surface area is 111 Å². The van der Waals surface area contributed by atoms with Gasteiger partial charge < -0.3 is 14.8 Å². The number of piperidine rings is 1. The van der Waals surface area contributed by atoms with Crippen molar-refractivity contribution in [2.24, 2.45) is 5.92 Å². The lowest BCUT2D eigenvalue weighted by Gasteiger charge is -2.23. The van der Waals surface area contributed by atoms with Gasteiger partial charge in [-0.3, -0.25) is 0 Å². The van der Waals surface area contributed by atoms with Crippen molar-refractivity contribution in [2.75, 3.05) is 27.3 Å². The second-order valence-corrected chi connectivity index (χ2v) is 4.82. The molecule has 0 radical (unpaired) electrons. The maximum absolute atomic E-state index is 14.2. The Morgan fingerprint density at radius 3 is 2.63 bits per heavy atom. The van der Waals surface area contributed by atoms with E-state index in [-0.39, 0.29) is 11.5 Å². The zero-order valence-electron chi connectivity index (χ0n) is 11.3. The topological polar surface area (TPSA) is 30.5 Å². The molecule has 0 spiro atoms. The zero-order chi connectivity index (χ0) is 13.8. The normalized spacial score (nSPS) is 19.3. The van der Waals surface area contributed by atoms with Crippen molar-refractivity contribution in [3.8, 4) is 11.5 Å². The molecular weight excluding hydrogens is 252 g/mol. The van der Waals surface area contributed by atoms with E-state index in [1.807, 2.05) is 0 Å². The van der Waals surface area contributed by atoms with Crippen LogP contribution >= 0.6 is 0 Å². The molecule has 0 bridgehead atoms. The van der Waals surface area contributed by atoms with Gasteiger partial charge in [-0.15, -0.1) is 0 Å². The Morgan fingerprint density at radius 2 is 2.05 bits per heavy atom. The third-order valence-corrected chi connectivity index (χ3v) is 3.53. The van der Waals surface area contributed by atoms with Crippen LogP contribution in [0.5, 0.6) is 11.5 Å². The second-order valence-electron chi connectivity index (χ2n) is 4.82. The van der Waals surface area contributed by atoms with E-state index in [0.29, 0.717) is 17.9 Å². The third kappa shape index (κ3) is 2.97. The molecule has 3 nitrogen and oxygen atoms in total. The van der Waals surface area contributed by atoms with Crippen LogP contribution in [0.15, 0.2) is 6.07 Å². The molecule has 0 saturated carbocycles. The van der Waals surface area contributed by atoms with E-state index < -0.39 is 11.6 Å². The summed E-state index contributed by atoms with van der Waals surface area (Å²) < 4.78 is 37.7. The first-order chi connectivity index (χ1) is 9.17. The predicted molar refractivity (Wildman–Crippen MR) is 68.8 cm³/mol. The molecule has 1 heterocycles. The zero-order valence-corrected chi connectivity index (χ0v) is 11.3. The minimum atomic E-state index is -0.784. The molecule has 0 aromatic heterocycles. The van der Waals surface area contributed by atoms with Crippen molar-refractivity contribution < 1.29 is 18.3 Å². The maximum Gasteiger partial charge on any atom is 0.209 e. The molecule has 106 valence electrons. The van der Waals surface area contributed by atoms with E-state index in [0.717, 1.165) is 25.9 Å². The molecule has 2 rings (SSSR count). The lowest BCUT2D eigenvalue weighted by Crippen LogP contribution is -2.31. The summed E-state index contributed by atoms with van der Waals surface area (Å²) in [6, 6.07) is 1.43. The molecule has 1 aromatic rings. The predicted octanol–water partition coefficient (Wildman–Crippen LogP) is 2.52. The smallest absolute Gasteiger partial charge is 0.209 e. The summed E-state index contributed by atoms with van der Waals surface area (Å²) in [6.45, 7) is 1.87. The molecule has 5 heteroatoms. The van der Waals surface area contributed by atoms with Crippen molar-refractivity contribution in [2.45, 2.75) is 19.3 Å². The fourth-order valence-corrected chi connectivity index (χ4v) is 2.52. The van der Waals surface area contributed by atoms with Crippen LogP contribution in [0.1, 0.15) is 18.4 Å². The molecule has 1 N–H and O–H groups in total. The largest absolute Gasteiger partial charge is 0.494 e. The number of rotatable bonds is 4. The SMILES string of the molecule is COc1cc(CC2CCCNC2)c(F)c(OC)c1F. The molecule has 1 saturated heterocycles. The molecular formula is C14H19F2NO2. The monoisotopic (exact) mass is 271 g/mol. The quantitative estimate of drug-likeness (QED) is 0.912. The number of methoxy groups -OCH3 is 2. The van der Waals surface area contributed by atoms with Gasteiger partial charge in [0.05, 0.1) is 14.2 Å².